The second-order valence-corrected chi connectivity index (χ2v) is 5.08. The molecule has 4 heteroatoms. The Bertz CT molecular complexity index is 457. The van der Waals surface area contributed by atoms with Gasteiger partial charge in [-0.2, -0.15) is 0 Å². The fraction of sp³-hybridized carbons (Fsp3) is 0.500. The number of aryl methyl sites for hydroxylation is 2. The predicted molar refractivity (Wildman–Crippen MR) is 78.6 cm³/mol. The number of carboxylic acids is 1. The SMILES string of the molecule is CCCC(CC(=O)O)NC(=O)CCc1ccccc1C. The van der Waals surface area contributed by atoms with Gasteiger partial charge in [0.15, 0.2) is 0 Å². The molecule has 2 N–H and O–H groups in total. The molecule has 1 rings (SSSR count). The summed E-state index contributed by atoms with van der Waals surface area (Å²) in [7, 11) is 0. The molecule has 0 spiro atoms. The largest absolute Gasteiger partial charge is 0.481 e. The van der Waals surface area contributed by atoms with E-state index in [1.807, 2.05) is 38.1 Å². The molecule has 20 heavy (non-hydrogen) atoms. The van der Waals surface area contributed by atoms with E-state index in [0.717, 1.165) is 12.0 Å². The molecule has 1 unspecified atom stereocenters. The summed E-state index contributed by atoms with van der Waals surface area (Å²) in [6.07, 6.45) is 2.62. The molecule has 0 heterocycles. The van der Waals surface area contributed by atoms with Gasteiger partial charge in [-0.05, 0) is 30.9 Å². The molecule has 0 bridgehead atoms. The minimum absolute atomic E-state index is 0.00998. The zero-order valence-corrected chi connectivity index (χ0v) is 12.2. The number of benzene rings is 1. The Morgan fingerprint density at radius 3 is 2.60 bits per heavy atom. The van der Waals surface area contributed by atoms with E-state index in [1.54, 1.807) is 0 Å². The van der Waals surface area contributed by atoms with E-state index >= 15 is 0 Å². The minimum Gasteiger partial charge on any atom is -0.481 e. The van der Waals surface area contributed by atoms with E-state index < -0.39 is 5.97 Å². The number of nitrogens with one attached hydrogen (secondary N) is 1. The van der Waals surface area contributed by atoms with Crippen molar-refractivity contribution in [3.63, 3.8) is 0 Å². The summed E-state index contributed by atoms with van der Waals surface area (Å²) in [5.41, 5.74) is 2.34. The van der Waals surface area contributed by atoms with Crippen LogP contribution in [0.25, 0.3) is 0 Å². The average Bonchev–Trinajstić information content (AvgIpc) is 2.37. The monoisotopic (exact) mass is 277 g/mol. The molecule has 0 aliphatic heterocycles. The summed E-state index contributed by atoms with van der Waals surface area (Å²) < 4.78 is 0. The third-order valence-corrected chi connectivity index (χ3v) is 3.31. The van der Waals surface area contributed by atoms with Gasteiger partial charge in [0.1, 0.15) is 0 Å². The van der Waals surface area contributed by atoms with E-state index in [1.165, 1.54) is 5.56 Å². The van der Waals surface area contributed by atoms with Gasteiger partial charge < -0.3 is 10.4 Å². The van der Waals surface area contributed by atoms with Crippen LogP contribution in [0.15, 0.2) is 24.3 Å². The van der Waals surface area contributed by atoms with E-state index in [4.69, 9.17) is 5.11 Å². The molecule has 1 aromatic rings. The van der Waals surface area contributed by atoms with E-state index in [9.17, 15) is 9.59 Å². The third kappa shape index (κ3) is 5.87. The Kier molecular flexibility index (Phi) is 6.77. The summed E-state index contributed by atoms with van der Waals surface area (Å²) in [6, 6.07) is 7.72. The number of rotatable bonds is 8. The average molecular weight is 277 g/mol. The number of hydrogen-bond donors (Lipinski definition) is 2. The Labute approximate surface area is 120 Å². The Balaban J connectivity index is 2.45. The van der Waals surface area contributed by atoms with Crippen LogP contribution in [-0.2, 0) is 16.0 Å². The molecular formula is C16H23NO3. The van der Waals surface area contributed by atoms with Crippen molar-refractivity contribution >= 4 is 11.9 Å². The lowest BCUT2D eigenvalue weighted by Gasteiger charge is -2.16. The summed E-state index contributed by atoms with van der Waals surface area (Å²) in [5, 5.41) is 11.6. The van der Waals surface area contributed by atoms with Gasteiger partial charge in [-0.3, -0.25) is 9.59 Å². The van der Waals surface area contributed by atoms with Gasteiger partial charge in [-0.15, -0.1) is 0 Å². The molecule has 1 aromatic carbocycles. The molecule has 4 nitrogen and oxygen atoms in total. The first-order valence-corrected chi connectivity index (χ1v) is 7.08. The summed E-state index contributed by atoms with van der Waals surface area (Å²) in [4.78, 5) is 22.6. The zero-order valence-electron chi connectivity index (χ0n) is 12.2. The number of hydrogen-bond acceptors (Lipinski definition) is 2. The van der Waals surface area contributed by atoms with Crippen molar-refractivity contribution in [3.8, 4) is 0 Å². The lowest BCUT2D eigenvalue weighted by molar-refractivity contribution is -0.137. The van der Waals surface area contributed by atoms with Crippen LogP contribution in [0.2, 0.25) is 0 Å². The number of carbonyl (C=O) groups is 2. The number of carbonyl (C=O) groups excluding carboxylic acids is 1. The van der Waals surface area contributed by atoms with Gasteiger partial charge >= 0.3 is 5.97 Å². The maximum atomic E-state index is 11.9. The van der Waals surface area contributed by atoms with Gasteiger partial charge in [0.2, 0.25) is 5.91 Å². The topological polar surface area (TPSA) is 66.4 Å². The molecule has 0 aliphatic rings. The van der Waals surface area contributed by atoms with Crippen molar-refractivity contribution in [2.75, 3.05) is 0 Å². The molecule has 0 radical (unpaired) electrons. The Morgan fingerprint density at radius 1 is 1.30 bits per heavy atom. The second-order valence-electron chi connectivity index (χ2n) is 5.08. The maximum Gasteiger partial charge on any atom is 0.305 e. The van der Waals surface area contributed by atoms with Crippen LogP contribution in [-0.4, -0.2) is 23.0 Å². The van der Waals surface area contributed by atoms with Crippen LogP contribution in [0.5, 0.6) is 0 Å². The van der Waals surface area contributed by atoms with Gasteiger partial charge in [-0.1, -0.05) is 37.6 Å². The van der Waals surface area contributed by atoms with Crippen molar-refractivity contribution in [1.82, 2.24) is 5.32 Å². The molecule has 110 valence electrons. The Hall–Kier alpha value is -1.84. The molecule has 0 aliphatic carbocycles. The van der Waals surface area contributed by atoms with Crippen LogP contribution in [0, 0.1) is 6.92 Å². The predicted octanol–water partition coefficient (Wildman–Crippen LogP) is 2.69. The minimum atomic E-state index is -0.873. The van der Waals surface area contributed by atoms with Gasteiger partial charge in [0, 0.05) is 12.5 Å². The van der Waals surface area contributed by atoms with Crippen LogP contribution >= 0.6 is 0 Å². The van der Waals surface area contributed by atoms with Crippen molar-refractivity contribution in [2.24, 2.45) is 0 Å². The quantitative estimate of drug-likeness (QED) is 0.767. The molecule has 0 saturated carbocycles. The molecule has 0 saturated heterocycles. The number of aliphatic carboxylic acids is 1. The normalized spacial score (nSPS) is 11.9. The number of carboxylic acid groups (broad SMARTS) is 1. The number of amides is 1. The van der Waals surface area contributed by atoms with Crippen molar-refractivity contribution in [1.29, 1.82) is 0 Å². The smallest absolute Gasteiger partial charge is 0.305 e. The molecule has 1 atom stereocenters. The van der Waals surface area contributed by atoms with Gasteiger partial charge in [0.25, 0.3) is 0 Å². The highest BCUT2D eigenvalue weighted by Crippen LogP contribution is 2.10. The van der Waals surface area contributed by atoms with Crippen LogP contribution < -0.4 is 5.32 Å². The highest BCUT2D eigenvalue weighted by molar-refractivity contribution is 5.77. The first-order chi connectivity index (χ1) is 9.52. The maximum absolute atomic E-state index is 11.9. The fourth-order valence-corrected chi connectivity index (χ4v) is 2.22. The lowest BCUT2D eigenvalue weighted by Crippen LogP contribution is -2.36. The van der Waals surface area contributed by atoms with E-state index in [0.29, 0.717) is 19.3 Å². The highest BCUT2D eigenvalue weighted by Gasteiger charge is 2.15. The first kappa shape index (κ1) is 16.2. The van der Waals surface area contributed by atoms with Gasteiger partial charge in [-0.25, -0.2) is 0 Å². The van der Waals surface area contributed by atoms with Gasteiger partial charge in [0.05, 0.1) is 6.42 Å². The first-order valence-electron chi connectivity index (χ1n) is 7.08. The standard InChI is InChI=1S/C16H23NO3/c1-3-6-14(11-16(19)20)17-15(18)10-9-13-8-5-4-7-12(13)2/h4-5,7-8,14H,3,6,9-11H2,1-2H3,(H,17,18)(H,19,20). The Morgan fingerprint density at radius 2 is 2.00 bits per heavy atom. The van der Waals surface area contributed by atoms with E-state index in [2.05, 4.69) is 5.32 Å². The zero-order chi connectivity index (χ0) is 15.0. The molecule has 0 fully saturated rings. The lowest BCUT2D eigenvalue weighted by atomic mass is 10.0. The van der Waals surface area contributed by atoms with E-state index in [-0.39, 0.29) is 18.4 Å². The van der Waals surface area contributed by atoms with Crippen LogP contribution in [0.1, 0.15) is 43.7 Å². The van der Waals surface area contributed by atoms with Crippen molar-refractivity contribution in [2.45, 2.75) is 52.0 Å². The van der Waals surface area contributed by atoms with Crippen LogP contribution in [0.4, 0.5) is 0 Å². The molecular weight excluding hydrogens is 254 g/mol. The third-order valence-electron chi connectivity index (χ3n) is 3.31. The highest BCUT2D eigenvalue weighted by atomic mass is 16.4. The van der Waals surface area contributed by atoms with Crippen molar-refractivity contribution in [3.05, 3.63) is 35.4 Å². The second kappa shape index (κ2) is 8.35. The summed E-state index contributed by atoms with van der Waals surface area (Å²) in [5.74, 6) is -0.949. The molecule has 1 amide bonds. The fourth-order valence-electron chi connectivity index (χ4n) is 2.22. The van der Waals surface area contributed by atoms with Crippen molar-refractivity contribution < 1.29 is 14.7 Å². The van der Waals surface area contributed by atoms with Crippen LogP contribution in [0.3, 0.4) is 0 Å². The summed E-state index contributed by atoms with van der Waals surface area (Å²) in [6.45, 7) is 4.01. The molecule has 0 aromatic heterocycles. The summed E-state index contributed by atoms with van der Waals surface area (Å²) >= 11 is 0.